The molecule has 3 aromatic rings. The van der Waals surface area contributed by atoms with E-state index in [2.05, 4.69) is 69.0 Å². The van der Waals surface area contributed by atoms with E-state index in [1.807, 2.05) is 18.2 Å². The molecule has 0 N–H and O–H groups in total. The van der Waals surface area contributed by atoms with Gasteiger partial charge in [-0.3, -0.25) is 0 Å². The van der Waals surface area contributed by atoms with Crippen LogP contribution in [0, 0.1) is 11.8 Å². The van der Waals surface area contributed by atoms with Crippen molar-refractivity contribution >= 4 is 11.6 Å². The zero-order valence-corrected chi connectivity index (χ0v) is 18.0. The normalized spacial score (nSPS) is 25.1. The minimum atomic E-state index is -0.0511. The van der Waals surface area contributed by atoms with Crippen LogP contribution in [0.5, 0.6) is 0 Å². The molecule has 0 heterocycles. The minimum Gasteiger partial charge on any atom is -0.0986 e. The van der Waals surface area contributed by atoms with Gasteiger partial charge < -0.3 is 0 Å². The Morgan fingerprint density at radius 1 is 0.931 bits per heavy atom. The molecule has 5 rings (SSSR count). The van der Waals surface area contributed by atoms with E-state index in [1.165, 1.54) is 51.8 Å². The summed E-state index contributed by atoms with van der Waals surface area (Å²) < 4.78 is 0. The number of hydrogen-bond donors (Lipinski definition) is 0. The molecule has 0 nitrogen and oxygen atoms in total. The summed E-state index contributed by atoms with van der Waals surface area (Å²) in [4.78, 5) is 0. The van der Waals surface area contributed by atoms with Gasteiger partial charge in [-0.05, 0) is 76.3 Å². The summed E-state index contributed by atoms with van der Waals surface area (Å²) in [5.74, 6) is 1.30. The van der Waals surface area contributed by atoms with Crippen molar-refractivity contribution in [2.45, 2.75) is 38.5 Å². The smallest absolute Gasteiger partial charge is 0.0446 e. The molecule has 0 saturated heterocycles. The summed E-state index contributed by atoms with van der Waals surface area (Å²) in [6, 6.07) is 24.1. The monoisotopic (exact) mass is 398 g/mol. The van der Waals surface area contributed by atoms with Gasteiger partial charge in [0, 0.05) is 10.4 Å². The van der Waals surface area contributed by atoms with Crippen LogP contribution in [0.25, 0.3) is 22.3 Å². The largest absolute Gasteiger partial charge is 0.0986 e. The van der Waals surface area contributed by atoms with Crippen LogP contribution in [0.4, 0.5) is 0 Å². The Balaban J connectivity index is 1.73. The Morgan fingerprint density at radius 3 is 2.45 bits per heavy atom. The standard InChI is InChI=1S/C28H27Cl/c1-4-20-14-18(2)28(19(3)15-20)26-11-6-5-10-24(26)25-17-22(12-13-27(25)28)21-8-7-9-23(29)16-21/h5-13,16-17,19-20H,2,4,14-15H2,1,3H3. The van der Waals surface area contributed by atoms with Crippen molar-refractivity contribution in [2.24, 2.45) is 11.8 Å². The molecule has 3 unspecified atom stereocenters. The van der Waals surface area contributed by atoms with Crippen molar-refractivity contribution in [1.29, 1.82) is 0 Å². The van der Waals surface area contributed by atoms with Crippen molar-refractivity contribution in [1.82, 2.24) is 0 Å². The first-order valence-corrected chi connectivity index (χ1v) is 11.1. The summed E-state index contributed by atoms with van der Waals surface area (Å²) in [5, 5.41) is 0.778. The lowest BCUT2D eigenvalue weighted by atomic mass is 9.57. The summed E-state index contributed by atoms with van der Waals surface area (Å²) in [6.07, 6.45) is 3.63. The van der Waals surface area contributed by atoms with Gasteiger partial charge in [-0.25, -0.2) is 0 Å². The van der Waals surface area contributed by atoms with Crippen molar-refractivity contribution in [2.75, 3.05) is 0 Å². The fourth-order valence-corrected chi connectivity index (χ4v) is 6.20. The first kappa shape index (κ1) is 18.7. The van der Waals surface area contributed by atoms with E-state index >= 15 is 0 Å². The lowest BCUT2D eigenvalue weighted by molar-refractivity contribution is 0.248. The van der Waals surface area contributed by atoms with Crippen LogP contribution in [-0.4, -0.2) is 0 Å². The van der Waals surface area contributed by atoms with E-state index in [0.717, 1.165) is 17.4 Å². The third-order valence-electron chi connectivity index (χ3n) is 7.34. The molecule has 1 fully saturated rings. The van der Waals surface area contributed by atoms with Gasteiger partial charge in [-0.15, -0.1) is 0 Å². The number of rotatable bonds is 2. The van der Waals surface area contributed by atoms with Gasteiger partial charge in [0.1, 0.15) is 0 Å². The average Bonchev–Trinajstić information content (AvgIpc) is 3.03. The molecule has 2 aliphatic rings. The maximum absolute atomic E-state index is 6.26. The number of benzene rings is 3. The van der Waals surface area contributed by atoms with Crippen LogP contribution >= 0.6 is 11.6 Å². The molecule has 1 heteroatoms. The van der Waals surface area contributed by atoms with E-state index < -0.39 is 0 Å². The van der Waals surface area contributed by atoms with Crippen molar-refractivity contribution in [3.8, 4) is 22.3 Å². The lowest BCUT2D eigenvalue weighted by Crippen LogP contribution is -2.40. The molecule has 1 spiro atoms. The Hall–Kier alpha value is -2.31. The Bertz CT molecular complexity index is 1110. The molecule has 0 amide bonds. The van der Waals surface area contributed by atoms with E-state index in [9.17, 15) is 0 Å². The van der Waals surface area contributed by atoms with E-state index in [4.69, 9.17) is 11.6 Å². The second kappa shape index (κ2) is 6.89. The number of fused-ring (bicyclic) bond motifs is 5. The molecular weight excluding hydrogens is 372 g/mol. The van der Waals surface area contributed by atoms with Crippen LogP contribution in [0.3, 0.4) is 0 Å². The molecule has 146 valence electrons. The van der Waals surface area contributed by atoms with Crippen LogP contribution in [0.15, 0.2) is 78.9 Å². The van der Waals surface area contributed by atoms with Gasteiger partial charge in [0.25, 0.3) is 0 Å². The Kier molecular flexibility index (Phi) is 4.44. The van der Waals surface area contributed by atoms with Gasteiger partial charge in [0.15, 0.2) is 0 Å². The van der Waals surface area contributed by atoms with E-state index in [1.54, 1.807) is 0 Å². The Labute approximate surface area is 179 Å². The molecule has 3 aromatic carbocycles. The summed E-state index contributed by atoms with van der Waals surface area (Å²) >= 11 is 6.26. The Morgan fingerprint density at radius 2 is 1.69 bits per heavy atom. The molecule has 1 saturated carbocycles. The lowest BCUT2D eigenvalue weighted by Gasteiger charge is -2.46. The molecule has 3 atom stereocenters. The number of hydrogen-bond acceptors (Lipinski definition) is 0. The highest BCUT2D eigenvalue weighted by molar-refractivity contribution is 6.30. The van der Waals surface area contributed by atoms with Gasteiger partial charge >= 0.3 is 0 Å². The SMILES string of the molecule is C=C1CC(CC)CC(C)C12c1ccccc1-c1cc(-c3cccc(Cl)c3)ccc12. The molecular formula is C28H27Cl. The molecule has 0 radical (unpaired) electrons. The fourth-order valence-electron chi connectivity index (χ4n) is 6.01. The highest BCUT2D eigenvalue weighted by Gasteiger charge is 2.51. The minimum absolute atomic E-state index is 0.0511. The average molecular weight is 399 g/mol. The van der Waals surface area contributed by atoms with Gasteiger partial charge in [-0.2, -0.15) is 0 Å². The highest BCUT2D eigenvalue weighted by Crippen LogP contribution is 2.61. The van der Waals surface area contributed by atoms with Crippen LogP contribution in [-0.2, 0) is 5.41 Å². The van der Waals surface area contributed by atoms with Crippen molar-refractivity contribution < 1.29 is 0 Å². The quantitative estimate of drug-likeness (QED) is 0.381. The highest BCUT2D eigenvalue weighted by atomic mass is 35.5. The van der Waals surface area contributed by atoms with Crippen LogP contribution in [0.1, 0.15) is 44.2 Å². The molecule has 0 aliphatic heterocycles. The predicted molar refractivity (Wildman–Crippen MR) is 124 cm³/mol. The van der Waals surface area contributed by atoms with Crippen LogP contribution < -0.4 is 0 Å². The summed E-state index contributed by atoms with van der Waals surface area (Å²) in [7, 11) is 0. The summed E-state index contributed by atoms with van der Waals surface area (Å²) in [5.41, 5.74) is 9.35. The van der Waals surface area contributed by atoms with Gasteiger partial charge in [0.2, 0.25) is 0 Å². The number of allylic oxidation sites excluding steroid dienone is 1. The predicted octanol–water partition coefficient (Wildman–Crippen LogP) is 8.29. The van der Waals surface area contributed by atoms with E-state index in [0.29, 0.717) is 5.92 Å². The zero-order chi connectivity index (χ0) is 20.2. The maximum atomic E-state index is 6.26. The first-order valence-electron chi connectivity index (χ1n) is 10.7. The van der Waals surface area contributed by atoms with E-state index in [-0.39, 0.29) is 5.41 Å². The van der Waals surface area contributed by atoms with Gasteiger partial charge in [-0.1, -0.05) is 92.6 Å². The topological polar surface area (TPSA) is 0 Å². The third kappa shape index (κ3) is 2.66. The van der Waals surface area contributed by atoms with Gasteiger partial charge in [0.05, 0.1) is 0 Å². The second-order valence-electron chi connectivity index (χ2n) is 8.84. The molecule has 0 aromatic heterocycles. The molecule has 0 bridgehead atoms. The van der Waals surface area contributed by atoms with Crippen molar-refractivity contribution in [3.63, 3.8) is 0 Å². The maximum Gasteiger partial charge on any atom is 0.0446 e. The fraction of sp³-hybridized carbons (Fsp3) is 0.286. The molecule has 29 heavy (non-hydrogen) atoms. The van der Waals surface area contributed by atoms with Crippen molar-refractivity contribution in [3.05, 3.63) is 95.0 Å². The summed E-state index contributed by atoms with van der Waals surface area (Å²) in [6.45, 7) is 9.42. The number of halogens is 1. The third-order valence-corrected chi connectivity index (χ3v) is 7.58. The second-order valence-corrected chi connectivity index (χ2v) is 9.28. The first-order chi connectivity index (χ1) is 14.1. The zero-order valence-electron chi connectivity index (χ0n) is 17.2. The van der Waals surface area contributed by atoms with Crippen LogP contribution in [0.2, 0.25) is 5.02 Å². The molecule has 2 aliphatic carbocycles.